The standard InChI is InChI=1S/C13H19N5O/c1-16-6-8-17(9-7-16)12-10-13(19)18(15-11-12)5-3-2-4-14/h10-11H,2-3,5-9H2,1H3. The van der Waals surface area contributed by atoms with Gasteiger partial charge in [0.25, 0.3) is 5.56 Å². The molecule has 1 aliphatic rings. The van der Waals surface area contributed by atoms with Crippen LogP contribution < -0.4 is 10.5 Å². The number of unbranched alkanes of at least 4 members (excludes halogenated alkanes) is 1. The molecular formula is C13H19N5O. The topological polar surface area (TPSA) is 65.2 Å². The molecule has 102 valence electrons. The summed E-state index contributed by atoms with van der Waals surface area (Å²) >= 11 is 0. The van der Waals surface area contributed by atoms with Crippen molar-refractivity contribution < 1.29 is 0 Å². The van der Waals surface area contributed by atoms with E-state index in [0.29, 0.717) is 19.4 Å². The minimum atomic E-state index is -0.0885. The zero-order chi connectivity index (χ0) is 13.7. The Morgan fingerprint density at radius 1 is 1.37 bits per heavy atom. The third-order valence-corrected chi connectivity index (χ3v) is 3.38. The number of likely N-dealkylation sites (N-methyl/N-ethyl adjacent to an activating group) is 1. The molecule has 2 rings (SSSR count). The lowest BCUT2D eigenvalue weighted by atomic mass is 10.3. The second kappa shape index (κ2) is 6.34. The van der Waals surface area contributed by atoms with Gasteiger partial charge < -0.3 is 9.80 Å². The van der Waals surface area contributed by atoms with E-state index in [1.54, 1.807) is 12.3 Å². The lowest BCUT2D eigenvalue weighted by molar-refractivity contribution is 0.312. The number of piperazine rings is 1. The second-order valence-corrected chi connectivity index (χ2v) is 4.83. The Kier molecular flexibility index (Phi) is 4.53. The number of nitriles is 1. The summed E-state index contributed by atoms with van der Waals surface area (Å²) in [6.07, 6.45) is 2.87. The van der Waals surface area contributed by atoms with Gasteiger partial charge in [0.2, 0.25) is 0 Å². The van der Waals surface area contributed by atoms with Crippen LogP contribution in [-0.2, 0) is 6.54 Å². The van der Waals surface area contributed by atoms with Crippen molar-refractivity contribution in [3.63, 3.8) is 0 Å². The molecule has 2 heterocycles. The van der Waals surface area contributed by atoms with Gasteiger partial charge in [0, 0.05) is 45.2 Å². The first-order valence-corrected chi connectivity index (χ1v) is 6.58. The van der Waals surface area contributed by atoms with Crippen LogP contribution in [0.15, 0.2) is 17.1 Å². The Morgan fingerprint density at radius 2 is 2.11 bits per heavy atom. The average Bonchev–Trinajstić information content (AvgIpc) is 2.42. The average molecular weight is 261 g/mol. The van der Waals surface area contributed by atoms with Crippen LogP contribution >= 0.6 is 0 Å². The molecule has 1 saturated heterocycles. The van der Waals surface area contributed by atoms with Crippen LogP contribution in [0.1, 0.15) is 12.8 Å². The van der Waals surface area contributed by atoms with Crippen molar-refractivity contribution in [2.24, 2.45) is 0 Å². The Hall–Kier alpha value is -1.87. The molecule has 0 bridgehead atoms. The van der Waals surface area contributed by atoms with Gasteiger partial charge in [-0.15, -0.1) is 0 Å². The Labute approximate surface area is 112 Å². The van der Waals surface area contributed by atoms with Gasteiger partial charge in [-0.3, -0.25) is 4.79 Å². The first-order valence-electron chi connectivity index (χ1n) is 6.58. The third kappa shape index (κ3) is 3.55. The van der Waals surface area contributed by atoms with Crippen LogP contribution in [-0.4, -0.2) is 47.9 Å². The van der Waals surface area contributed by atoms with E-state index < -0.39 is 0 Å². The van der Waals surface area contributed by atoms with Gasteiger partial charge in [0.05, 0.1) is 18.0 Å². The highest BCUT2D eigenvalue weighted by atomic mass is 16.1. The van der Waals surface area contributed by atoms with Crippen molar-refractivity contribution in [3.8, 4) is 6.07 Å². The highest BCUT2D eigenvalue weighted by Crippen LogP contribution is 2.12. The number of nitrogens with zero attached hydrogens (tertiary/aromatic N) is 5. The zero-order valence-electron chi connectivity index (χ0n) is 11.2. The van der Waals surface area contributed by atoms with E-state index >= 15 is 0 Å². The van der Waals surface area contributed by atoms with E-state index in [9.17, 15) is 4.79 Å². The van der Waals surface area contributed by atoms with Crippen LogP contribution in [0.5, 0.6) is 0 Å². The summed E-state index contributed by atoms with van der Waals surface area (Å²) in [5, 5.41) is 12.7. The number of hydrogen-bond donors (Lipinski definition) is 0. The van der Waals surface area contributed by atoms with Gasteiger partial charge in [-0.2, -0.15) is 10.4 Å². The van der Waals surface area contributed by atoms with Gasteiger partial charge in [0.1, 0.15) is 0 Å². The Bertz CT molecular complexity index is 511. The van der Waals surface area contributed by atoms with E-state index in [4.69, 9.17) is 5.26 Å². The minimum Gasteiger partial charge on any atom is -0.368 e. The molecule has 0 radical (unpaired) electrons. The summed E-state index contributed by atoms with van der Waals surface area (Å²) in [4.78, 5) is 16.4. The predicted molar refractivity (Wildman–Crippen MR) is 73.1 cm³/mol. The molecule has 6 nitrogen and oxygen atoms in total. The minimum absolute atomic E-state index is 0.0885. The molecule has 0 aliphatic carbocycles. The van der Waals surface area contributed by atoms with Crippen molar-refractivity contribution in [1.29, 1.82) is 5.26 Å². The van der Waals surface area contributed by atoms with Crippen LogP contribution in [0.25, 0.3) is 0 Å². The van der Waals surface area contributed by atoms with E-state index in [0.717, 1.165) is 31.9 Å². The first kappa shape index (κ1) is 13.6. The number of anilines is 1. The van der Waals surface area contributed by atoms with E-state index in [-0.39, 0.29) is 5.56 Å². The molecule has 0 spiro atoms. The van der Waals surface area contributed by atoms with Crippen molar-refractivity contribution in [2.45, 2.75) is 19.4 Å². The van der Waals surface area contributed by atoms with Gasteiger partial charge in [-0.1, -0.05) is 0 Å². The molecule has 0 aromatic carbocycles. The van der Waals surface area contributed by atoms with Gasteiger partial charge in [-0.25, -0.2) is 4.68 Å². The second-order valence-electron chi connectivity index (χ2n) is 4.83. The van der Waals surface area contributed by atoms with Crippen molar-refractivity contribution in [2.75, 3.05) is 38.1 Å². The summed E-state index contributed by atoms with van der Waals surface area (Å²) in [5.74, 6) is 0. The predicted octanol–water partition coefficient (Wildman–Crippen LogP) is 0.299. The van der Waals surface area contributed by atoms with Gasteiger partial charge in [-0.05, 0) is 13.5 Å². The molecule has 0 N–H and O–H groups in total. The van der Waals surface area contributed by atoms with Crippen LogP contribution in [0, 0.1) is 11.3 Å². The molecule has 1 aromatic heterocycles. The fourth-order valence-electron chi connectivity index (χ4n) is 2.14. The van der Waals surface area contributed by atoms with Crippen LogP contribution in [0.2, 0.25) is 0 Å². The maximum absolute atomic E-state index is 11.9. The smallest absolute Gasteiger partial charge is 0.268 e. The Morgan fingerprint density at radius 3 is 2.74 bits per heavy atom. The monoisotopic (exact) mass is 261 g/mol. The summed E-state index contributed by atoms with van der Waals surface area (Å²) in [6.45, 7) is 4.37. The van der Waals surface area contributed by atoms with Crippen molar-refractivity contribution >= 4 is 5.69 Å². The summed E-state index contributed by atoms with van der Waals surface area (Å²) in [6, 6.07) is 3.71. The molecule has 1 aromatic rings. The van der Waals surface area contributed by atoms with Gasteiger partial charge in [0.15, 0.2) is 0 Å². The number of rotatable bonds is 4. The highest BCUT2D eigenvalue weighted by molar-refractivity contribution is 5.43. The molecule has 1 aliphatic heterocycles. The Balaban J connectivity index is 2.02. The molecule has 6 heteroatoms. The number of hydrogen-bond acceptors (Lipinski definition) is 5. The highest BCUT2D eigenvalue weighted by Gasteiger charge is 2.15. The lowest BCUT2D eigenvalue weighted by Crippen LogP contribution is -2.45. The summed E-state index contributed by atoms with van der Waals surface area (Å²) in [5.41, 5.74) is 0.809. The zero-order valence-corrected chi connectivity index (χ0v) is 11.2. The third-order valence-electron chi connectivity index (χ3n) is 3.38. The fourth-order valence-corrected chi connectivity index (χ4v) is 2.14. The number of aromatic nitrogens is 2. The first-order chi connectivity index (χ1) is 9.20. The van der Waals surface area contributed by atoms with Crippen molar-refractivity contribution in [1.82, 2.24) is 14.7 Å². The summed E-state index contributed by atoms with van der Waals surface area (Å²) < 4.78 is 1.43. The molecule has 0 saturated carbocycles. The quantitative estimate of drug-likeness (QED) is 0.729. The molecule has 0 unspecified atom stereocenters. The molecule has 0 atom stereocenters. The fraction of sp³-hybridized carbons (Fsp3) is 0.615. The summed E-state index contributed by atoms with van der Waals surface area (Å²) in [7, 11) is 2.10. The lowest BCUT2D eigenvalue weighted by Gasteiger charge is -2.33. The van der Waals surface area contributed by atoms with Crippen LogP contribution in [0.4, 0.5) is 5.69 Å². The molecule has 19 heavy (non-hydrogen) atoms. The maximum atomic E-state index is 11.9. The van der Waals surface area contributed by atoms with E-state index in [1.807, 2.05) is 0 Å². The molecular weight excluding hydrogens is 242 g/mol. The molecule has 1 fully saturated rings. The van der Waals surface area contributed by atoms with E-state index in [2.05, 4.69) is 28.0 Å². The molecule has 0 amide bonds. The van der Waals surface area contributed by atoms with Crippen molar-refractivity contribution in [3.05, 3.63) is 22.6 Å². The normalized spacial score (nSPS) is 16.3. The SMILES string of the molecule is CN1CCN(c2cnn(CCCC#N)c(=O)c2)CC1. The van der Waals surface area contributed by atoms with Gasteiger partial charge >= 0.3 is 0 Å². The number of aryl methyl sites for hydroxylation is 1. The van der Waals surface area contributed by atoms with E-state index in [1.165, 1.54) is 4.68 Å². The largest absolute Gasteiger partial charge is 0.368 e. The van der Waals surface area contributed by atoms with Crippen LogP contribution in [0.3, 0.4) is 0 Å². The maximum Gasteiger partial charge on any atom is 0.268 e.